The lowest BCUT2D eigenvalue weighted by Gasteiger charge is -2.60. The Hall–Kier alpha value is -1.47. The first-order valence-corrected chi connectivity index (χ1v) is 10.8. The van der Waals surface area contributed by atoms with Gasteiger partial charge in [-0.1, -0.05) is 13.8 Å². The summed E-state index contributed by atoms with van der Waals surface area (Å²) in [6, 6.07) is 7.22. The van der Waals surface area contributed by atoms with Gasteiger partial charge in [-0.25, -0.2) is 9.78 Å². The summed E-state index contributed by atoms with van der Waals surface area (Å²) in [6.07, 6.45) is 3.04. The molecule has 0 unspecified atom stereocenters. The van der Waals surface area contributed by atoms with Crippen LogP contribution in [0.3, 0.4) is 0 Å². The maximum Gasteiger partial charge on any atom is 0.205 e. The Morgan fingerprint density at radius 2 is 1.83 bits per heavy atom. The molecule has 0 aromatic heterocycles. The van der Waals surface area contributed by atoms with Crippen LogP contribution in [0.15, 0.2) is 24.3 Å². The normalized spacial score (nSPS) is 45.9. The van der Waals surface area contributed by atoms with Gasteiger partial charge >= 0.3 is 0 Å². The molecule has 4 aliphatic heterocycles. The van der Waals surface area contributed by atoms with Gasteiger partial charge in [-0.05, 0) is 69.2 Å². The number of rotatable bonds is 3. The van der Waals surface area contributed by atoms with E-state index < -0.39 is 24.0 Å². The highest BCUT2D eigenvalue weighted by atomic mass is 17.3. The van der Waals surface area contributed by atoms with Crippen LogP contribution < -0.4 is 4.74 Å². The summed E-state index contributed by atoms with van der Waals surface area (Å²) in [5.41, 5.74) is 0.0896. The number of hydrogen-bond donors (Lipinski definition) is 0. The minimum Gasteiger partial charge on any atom is -0.465 e. The van der Waals surface area contributed by atoms with E-state index in [1.54, 1.807) is 19.1 Å². The van der Waals surface area contributed by atoms with Crippen molar-refractivity contribution in [3.63, 3.8) is 0 Å². The van der Waals surface area contributed by atoms with Gasteiger partial charge in [0.1, 0.15) is 5.75 Å². The Labute approximate surface area is 171 Å². The Kier molecular flexibility index (Phi) is 4.55. The van der Waals surface area contributed by atoms with Gasteiger partial charge in [-0.2, -0.15) is 0 Å². The van der Waals surface area contributed by atoms with Crippen molar-refractivity contribution < 1.29 is 28.8 Å². The summed E-state index contributed by atoms with van der Waals surface area (Å²) in [7, 11) is 0. The van der Waals surface area contributed by atoms with Crippen molar-refractivity contribution in [2.75, 3.05) is 0 Å². The van der Waals surface area contributed by atoms with Crippen LogP contribution in [0, 0.1) is 23.7 Å². The highest BCUT2D eigenvalue weighted by Crippen LogP contribution is 2.60. The minimum atomic E-state index is -0.786. The smallest absolute Gasteiger partial charge is 0.205 e. The summed E-state index contributed by atoms with van der Waals surface area (Å²) >= 11 is 0. The minimum absolute atomic E-state index is 0.0383. The van der Waals surface area contributed by atoms with Gasteiger partial charge < -0.3 is 14.2 Å². The van der Waals surface area contributed by atoms with Crippen molar-refractivity contribution in [2.24, 2.45) is 23.7 Å². The predicted molar refractivity (Wildman–Crippen MR) is 104 cm³/mol. The quantitative estimate of drug-likeness (QED) is 0.549. The fourth-order valence-electron chi connectivity index (χ4n) is 5.91. The molecule has 0 N–H and O–H groups in total. The standard InChI is InChI=1S/C23H30O6/c1-13-5-10-19-14(2)20(25-17-8-6-16(7-9-17)15(3)24)26-21-23(19)18(13)11-12-22(4,27-21)28-29-23/h6-9,13-14,18-21H,5,10-12H2,1-4H3/t13-,14-,18+,19+,20+,21-,22-,23-/m1/s1. The molecule has 4 saturated heterocycles. The lowest BCUT2D eigenvalue weighted by atomic mass is 9.58. The zero-order valence-electron chi connectivity index (χ0n) is 17.6. The topological polar surface area (TPSA) is 63.2 Å². The van der Waals surface area contributed by atoms with E-state index in [2.05, 4.69) is 13.8 Å². The molecule has 0 radical (unpaired) electrons. The van der Waals surface area contributed by atoms with Gasteiger partial charge in [0.15, 0.2) is 17.7 Å². The number of hydrogen-bond acceptors (Lipinski definition) is 6. The number of carbonyl (C=O) groups is 1. The molecule has 158 valence electrons. The lowest BCUT2D eigenvalue weighted by Crippen LogP contribution is -2.70. The van der Waals surface area contributed by atoms with Crippen molar-refractivity contribution in [3.05, 3.63) is 29.8 Å². The highest BCUT2D eigenvalue weighted by molar-refractivity contribution is 5.94. The van der Waals surface area contributed by atoms with Crippen molar-refractivity contribution >= 4 is 5.78 Å². The second kappa shape index (κ2) is 6.77. The van der Waals surface area contributed by atoms with Crippen LogP contribution in [0.5, 0.6) is 5.75 Å². The first kappa shape index (κ1) is 19.5. The molecule has 4 heterocycles. The number of ketones is 1. The number of carbonyl (C=O) groups excluding carboxylic acids is 1. The largest absolute Gasteiger partial charge is 0.465 e. The molecular weight excluding hydrogens is 372 g/mol. The molecule has 1 aromatic carbocycles. The van der Waals surface area contributed by atoms with E-state index in [1.165, 1.54) is 0 Å². The maximum absolute atomic E-state index is 11.5. The fraction of sp³-hybridized carbons (Fsp3) is 0.696. The molecule has 1 spiro atoms. The average molecular weight is 402 g/mol. The summed E-state index contributed by atoms with van der Waals surface area (Å²) < 4.78 is 19.0. The maximum atomic E-state index is 11.5. The second-order valence-corrected chi connectivity index (χ2v) is 9.47. The van der Waals surface area contributed by atoms with Gasteiger partial charge in [-0.15, -0.1) is 0 Å². The van der Waals surface area contributed by atoms with E-state index in [9.17, 15) is 4.79 Å². The monoisotopic (exact) mass is 402 g/mol. The van der Waals surface area contributed by atoms with E-state index >= 15 is 0 Å². The molecule has 2 bridgehead atoms. The van der Waals surface area contributed by atoms with Crippen LogP contribution >= 0.6 is 0 Å². The third kappa shape index (κ3) is 2.95. The molecule has 6 rings (SSSR count). The summed E-state index contributed by atoms with van der Waals surface area (Å²) in [6.45, 7) is 7.96. The van der Waals surface area contributed by atoms with Gasteiger partial charge in [0.25, 0.3) is 0 Å². The van der Waals surface area contributed by atoms with Crippen LogP contribution in [0.1, 0.15) is 63.7 Å². The third-order valence-corrected chi connectivity index (χ3v) is 7.61. The predicted octanol–water partition coefficient (Wildman–Crippen LogP) is 4.48. The van der Waals surface area contributed by atoms with Crippen molar-refractivity contribution in [1.29, 1.82) is 0 Å². The first-order valence-electron chi connectivity index (χ1n) is 10.8. The molecule has 8 atom stereocenters. The zero-order chi connectivity index (χ0) is 20.4. The second-order valence-electron chi connectivity index (χ2n) is 9.47. The van der Waals surface area contributed by atoms with E-state index in [0.717, 1.165) is 25.7 Å². The average Bonchev–Trinajstić information content (AvgIpc) is 2.92. The first-order chi connectivity index (χ1) is 13.8. The number of benzene rings is 1. The van der Waals surface area contributed by atoms with Gasteiger partial charge in [0.2, 0.25) is 12.1 Å². The lowest BCUT2D eigenvalue weighted by molar-refractivity contribution is -0.575. The SMILES string of the molecule is CC(=O)c1ccc(O[C@H]2O[C@@H]3O[C@@]4(C)CC[C@H]5[C@H](C)CC[C@@H]([C@H]2C)[C@@]35OO4)cc1. The third-order valence-electron chi connectivity index (χ3n) is 7.61. The molecule has 6 heteroatoms. The van der Waals surface area contributed by atoms with Gasteiger partial charge in [0, 0.05) is 23.8 Å². The Morgan fingerprint density at radius 1 is 1.07 bits per heavy atom. The number of ether oxygens (including phenoxy) is 3. The van der Waals surface area contributed by atoms with Crippen LogP contribution in [0.25, 0.3) is 0 Å². The zero-order valence-corrected chi connectivity index (χ0v) is 17.6. The molecule has 1 saturated carbocycles. The summed E-state index contributed by atoms with van der Waals surface area (Å²) in [5.74, 6) is 1.16. The Bertz CT molecular complexity index is 793. The van der Waals surface area contributed by atoms with Crippen molar-refractivity contribution in [2.45, 2.75) is 77.3 Å². The Morgan fingerprint density at radius 3 is 2.55 bits per heavy atom. The van der Waals surface area contributed by atoms with Crippen LogP contribution in [-0.2, 0) is 19.2 Å². The van der Waals surface area contributed by atoms with E-state index in [-0.39, 0.29) is 17.6 Å². The molecule has 1 aliphatic carbocycles. The van der Waals surface area contributed by atoms with Crippen LogP contribution in [0.4, 0.5) is 0 Å². The number of Topliss-reactive ketones (excluding diaryl/α,β-unsaturated/α-hetero) is 1. The molecule has 29 heavy (non-hydrogen) atoms. The van der Waals surface area contributed by atoms with E-state index in [4.69, 9.17) is 24.0 Å². The molecule has 5 fully saturated rings. The molecule has 1 aromatic rings. The Balaban J connectivity index is 1.44. The van der Waals surface area contributed by atoms with Crippen molar-refractivity contribution in [3.8, 4) is 5.75 Å². The molecule has 0 amide bonds. The van der Waals surface area contributed by atoms with Crippen molar-refractivity contribution in [1.82, 2.24) is 0 Å². The highest BCUT2D eigenvalue weighted by Gasteiger charge is 2.69. The van der Waals surface area contributed by atoms with Gasteiger partial charge in [-0.3, -0.25) is 4.79 Å². The summed E-state index contributed by atoms with van der Waals surface area (Å²) in [4.78, 5) is 23.5. The van der Waals surface area contributed by atoms with E-state index in [0.29, 0.717) is 23.1 Å². The fourth-order valence-corrected chi connectivity index (χ4v) is 5.91. The van der Waals surface area contributed by atoms with E-state index in [1.807, 2.05) is 19.1 Å². The molecule has 5 aliphatic rings. The van der Waals surface area contributed by atoms with Crippen LogP contribution in [0.2, 0.25) is 0 Å². The molecule has 6 nitrogen and oxygen atoms in total. The van der Waals surface area contributed by atoms with Gasteiger partial charge in [0.05, 0.1) is 0 Å². The van der Waals surface area contributed by atoms with Crippen LogP contribution in [-0.4, -0.2) is 29.8 Å². The summed E-state index contributed by atoms with van der Waals surface area (Å²) in [5, 5.41) is 0. The number of fused-ring (bicyclic) bond motifs is 2. The molecular formula is C23H30O6.